The van der Waals surface area contributed by atoms with Crippen LogP contribution < -0.4 is 5.56 Å². The monoisotopic (exact) mass is 281 g/mol. The van der Waals surface area contributed by atoms with E-state index < -0.39 is 0 Å². The molecule has 0 bridgehead atoms. The van der Waals surface area contributed by atoms with E-state index in [-0.39, 0.29) is 11.1 Å². The first-order valence-corrected chi connectivity index (χ1v) is 5.91. The van der Waals surface area contributed by atoms with Crippen molar-refractivity contribution in [3.63, 3.8) is 0 Å². The number of hydrogen-bond donors (Lipinski definition) is 0. The number of aromatic nitrogens is 1. The number of pyridine rings is 1. The van der Waals surface area contributed by atoms with Crippen LogP contribution in [-0.2, 0) is 7.05 Å². The van der Waals surface area contributed by atoms with Gasteiger partial charge in [-0.15, -0.1) is 0 Å². The van der Waals surface area contributed by atoms with Crippen LogP contribution in [0.1, 0.15) is 10.4 Å². The fourth-order valence-corrected chi connectivity index (χ4v) is 1.99. The molecule has 0 aliphatic rings. The van der Waals surface area contributed by atoms with Crippen molar-refractivity contribution in [3.8, 4) is 11.3 Å². The van der Waals surface area contributed by atoms with E-state index in [1.807, 2.05) is 0 Å². The second-order valence-electron chi connectivity index (χ2n) is 3.78. The molecule has 0 aliphatic carbocycles. The van der Waals surface area contributed by atoms with Crippen LogP contribution in [0.2, 0.25) is 10.0 Å². The molecule has 1 aromatic carbocycles. The van der Waals surface area contributed by atoms with Crippen LogP contribution in [0.4, 0.5) is 0 Å². The zero-order valence-corrected chi connectivity index (χ0v) is 11.0. The quantitative estimate of drug-likeness (QED) is 0.793. The molecule has 0 aliphatic heterocycles. The second kappa shape index (κ2) is 4.96. The zero-order valence-electron chi connectivity index (χ0n) is 9.48. The van der Waals surface area contributed by atoms with Gasteiger partial charge in [0.1, 0.15) is 0 Å². The number of rotatable bonds is 2. The Kier molecular flexibility index (Phi) is 3.55. The van der Waals surface area contributed by atoms with Gasteiger partial charge >= 0.3 is 0 Å². The fourth-order valence-electron chi connectivity index (χ4n) is 1.69. The number of nitrogens with zero attached hydrogens (tertiary/aromatic N) is 1. The minimum Gasteiger partial charge on any atom is -0.311 e. The average Bonchev–Trinajstić information content (AvgIpc) is 2.36. The van der Waals surface area contributed by atoms with Gasteiger partial charge in [-0.3, -0.25) is 9.59 Å². The Labute approximate surface area is 114 Å². The van der Waals surface area contributed by atoms with Gasteiger partial charge in [0, 0.05) is 7.05 Å². The van der Waals surface area contributed by atoms with Crippen LogP contribution in [-0.4, -0.2) is 10.9 Å². The maximum Gasteiger partial charge on any atom is 0.261 e. The highest BCUT2D eigenvalue weighted by atomic mass is 35.5. The van der Waals surface area contributed by atoms with E-state index in [1.165, 1.54) is 10.6 Å². The van der Waals surface area contributed by atoms with Gasteiger partial charge < -0.3 is 4.57 Å². The Morgan fingerprint density at radius 3 is 2.44 bits per heavy atom. The number of hydrogen-bond acceptors (Lipinski definition) is 2. The van der Waals surface area contributed by atoms with Gasteiger partial charge in [0.05, 0.1) is 21.3 Å². The normalized spacial score (nSPS) is 10.4. The van der Waals surface area contributed by atoms with Crippen molar-refractivity contribution in [3.05, 3.63) is 56.3 Å². The van der Waals surface area contributed by atoms with E-state index in [9.17, 15) is 9.59 Å². The zero-order chi connectivity index (χ0) is 13.3. The summed E-state index contributed by atoms with van der Waals surface area (Å²) in [5.41, 5.74) is 1.22. The Hall–Kier alpha value is -1.58. The molecule has 0 saturated carbocycles. The molecule has 1 heterocycles. The lowest BCUT2D eigenvalue weighted by Gasteiger charge is -2.09. The van der Waals surface area contributed by atoms with Crippen molar-refractivity contribution in [2.24, 2.45) is 7.05 Å². The molecule has 0 fully saturated rings. The molecule has 3 nitrogen and oxygen atoms in total. The summed E-state index contributed by atoms with van der Waals surface area (Å²) in [5.74, 6) is 0. The van der Waals surface area contributed by atoms with Crippen LogP contribution in [0.3, 0.4) is 0 Å². The van der Waals surface area contributed by atoms with Crippen molar-refractivity contribution in [1.29, 1.82) is 0 Å². The molecule has 0 atom stereocenters. The predicted molar refractivity (Wildman–Crippen MR) is 72.5 cm³/mol. The van der Waals surface area contributed by atoms with Crippen LogP contribution in [0.25, 0.3) is 11.3 Å². The smallest absolute Gasteiger partial charge is 0.261 e. The Morgan fingerprint density at radius 1 is 1.11 bits per heavy atom. The molecule has 0 saturated heterocycles. The van der Waals surface area contributed by atoms with E-state index in [1.54, 1.807) is 31.3 Å². The minimum absolute atomic E-state index is 0.126. The maximum absolute atomic E-state index is 11.8. The summed E-state index contributed by atoms with van der Waals surface area (Å²) in [6.07, 6.45) is 0.543. The molecule has 92 valence electrons. The van der Waals surface area contributed by atoms with Crippen LogP contribution in [0, 0.1) is 0 Å². The number of carbonyl (C=O) groups is 1. The highest BCUT2D eigenvalue weighted by Gasteiger charge is 2.08. The summed E-state index contributed by atoms with van der Waals surface area (Å²) in [4.78, 5) is 22.5. The first-order valence-electron chi connectivity index (χ1n) is 5.15. The lowest BCUT2D eigenvalue weighted by molar-refractivity contribution is 0.112. The number of halogens is 2. The van der Waals surface area contributed by atoms with Gasteiger partial charge in [-0.05, 0) is 29.8 Å². The molecule has 2 aromatic rings. The van der Waals surface area contributed by atoms with Gasteiger partial charge in [0.2, 0.25) is 0 Å². The van der Waals surface area contributed by atoms with Gasteiger partial charge in [0.25, 0.3) is 5.56 Å². The minimum atomic E-state index is -0.339. The summed E-state index contributed by atoms with van der Waals surface area (Å²) in [5, 5.41) is 0.871. The van der Waals surface area contributed by atoms with Crippen LogP contribution >= 0.6 is 23.2 Å². The molecular weight excluding hydrogens is 273 g/mol. The molecule has 5 heteroatoms. The van der Waals surface area contributed by atoms with Gasteiger partial charge in [0.15, 0.2) is 6.29 Å². The lowest BCUT2D eigenvalue weighted by atomic mass is 10.1. The lowest BCUT2D eigenvalue weighted by Crippen LogP contribution is -2.21. The largest absolute Gasteiger partial charge is 0.311 e. The summed E-state index contributed by atoms with van der Waals surface area (Å²) in [6, 6.07) is 8.30. The maximum atomic E-state index is 11.8. The SMILES string of the molecule is Cn1c(-c2ccc(Cl)c(Cl)c2)ccc(C=O)c1=O. The predicted octanol–water partition coefficient (Wildman–Crippen LogP) is 3.17. The molecule has 2 rings (SSSR count). The van der Waals surface area contributed by atoms with Crippen molar-refractivity contribution in [2.75, 3.05) is 0 Å². The van der Waals surface area contributed by atoms with Gasteiger partial charge in [-0.25, -0.2) is 0 Å². The highest BCUT2D eigenvalue weighted by molar-refractivity contribution is 6.42. The Balaban J connectivity index is 2.65. The summed E-state index contributed by atoms with van der Waals surface area (Å²) >= 11 is 11.8. The van der Waals surface area contributed by atoms with E-state index in [2.05, 4.69) is 0 Å². The molecule has 0 N–H and O–H groups in total. The number of aldehydes is 1. The molecule has 0 radical (unpaired) electrons. The number of benzene rings is 1. The van der Waals surface area contributed by atoms with E-state index in [0.717, 1.165) is 5.56 Å². The summed E-state index contributed by atoms with van der Waals surface area (Å²) < 4.78 is 1.41. The fraction of sp³-hybridized carbons (Fsp3) is 0.0769. The van der Waals surface area contributed by atoms with E-state index >= 15 is 0 Å². The average molecular weight is 282 g/mol. The van der Waals surface area contributed by atoms with Gasteiger partial charge in [-0.2, -0.15) is 0 Å². The van der Waals surface area contributed by atoms with Crippen molar-refractivity contribution in [1.82, 2.24) is 4.57 Å². The van der Waals surface area contributed by atoms with Crippen molar-refractivity contribution in [2.45, 2.75) is 0 Å². The first-order chi connectivity index (χ1) is 8.54. The topological polar surface area (TPSA) is 39.1 Å². The number of carbonyl (C=O) groups excluding carboxylic acids is 1. The van der Waals surface area contributed by atoms with E-state index in [4.69, 9.17) is 23.2 Å². The summed E-state index contributed by atoms with van der Waals surface area (Å²) in [7, 11) is 1.60. The standard InChI is InChI=1S/C13H9Cl2NO2/c1-16-12(5-3-9(7-17)13(16)18)8-2-4-10(14)11(15)6-8/h2-7H,1H3. The second-order valence-corrected chi connectivity index (χ2v) is 4.60. The molecule has 1 aromatic heterocycles. The first kappa shape index (κ1) is 12.9. The van der Waals surface area contributed by atoms with E-state index in [0.29, 0.717) is 22.0 Å². The van der Waals surface area contributed by atoms with Crippen LogP contribution in [0.5, 0.6) is 0 Å². The third kappa shape index (κ3) is 2.19. The third-order valence-corrected chi connectivity index (χ3v) is 3.42. The molecule has 0 amide bonds. The van der Waals surface area contributed by atoms with Crippen molar-refractivity contribution < 1.29 is 4.79 Å². The third-order valence-electron chi connectivity index (χ3n) is 2.68. The summed E-state index contributed by atoms with van der Waals surface area (Å²) in [6.45, 7) is 0. The van der Waals surface area contributed by atoms with Crippen LogP contribution in [0.15, 0.2) is 35.1 Å². The van der Waals surface area contributed by atoms with Crippen molar-refractivity contribution >= 4 is 29.5 Å². The molecular formula is C13H9Cl2NO2. The van der Waals surface area contributed by atoms with Gasteiger partial charge in [-0.1, -0.05) is 29.3 Å². The molecule has 0 spiro atoms. The molecule has 18 heavy (non-hydrogen) atoms. The Morgan fingerprint density at radius 2 is 1.83 bits per heavy atom. The molecule has 0 unspecified atom stereocenters. The Bertz CT molecular complexity index is 677. The highest BCUT2D eigenvalue weighted by Crippen LogP contribution is 2.27.